The van der Waals surface area contributed by atoms with Gasteiger partial charge in [-0.2, -0.15) is 0 Å². The third-order valence-electron chi connectivity index (χ3n) is 3.77. The minimum absolute atomic E-state index is 0.162. The summed E-state index contributed by atoms with van der Waals surface area (Å²) in [6, 6.07) is 5.69. The van der Waals surface area contributed by atoms with Crippen LogP contribution in [-0.2, 0) is 16.0 Å². The second-order valence-corrected chi connectivity index (χ2v) is 5.23. The fraction of sp³-hybridized carbons (Fsp3) is 0.562. The van der Waals surface area contributed by atoms with Crippen LogP contribution in [-0.4, -0.2) is 39.9 Å². The lowest BCUT2D eigenvalue weighted by molar-refractivity contribution is -0.143. The predicted octanol–water partition coefficient (Wildman–Crippen LogP) is 1.79. The molecule has 116 valence electrons. The molecule has 1 fully saturated rings. The quantitative estimate of drug-likeness (QED) is 0.741. The van der Waals surface area contributed by atoms with Crippen LogP contribution in [0, 0.1) is 5.92 Å². The standard InChI is InChI=1S/C16H23NO4/c1-19-13-7-4-11(10-14(13)20-2)8-9-17-15(12-5-6-12)16(18)21-3/h4,7,10,12,15,17H,5-6,8-9H2,1-3H3. The highest BCUT2D eigenvalue weighted by atomic mass is 16.5. The molecule has 2 rings (SSSR count). The van der Waals surface area contributed by atoms with Crippen LogP contribution in [0.15, 0.2) is 18.2 Å². The van der Waals surface area contributed by atoms with Crippen LogP contribution in [0.3, 0.4) is 0 Å². The van der Waals surface area contributed by atoms with E-state index in [-0.39, 0.29) is 12.0 Å². The number of hydrogen-bond acceptors (Lipinski definition) is 5. The molecule has 5 heteroatoms. The molecule has 1 aromatic rings. The van der Waals surface area contributed by atoms with Crippen LogP contribution in [0.2, 0.25) is 0 Å². The summed E-state index contributed by atoms with van der Waals surface area (Å²) in [5.41, 5.74) is 1.14. The van der Waals surface area contributed by atoms with Gasteiger partial charge < -0.3 is 19.5 Å². The maximum Gasteiger partial charge on any atom is 0.323 e. The van der Waals surface area contributed by atoms with Crippen molar-refractivity contribution >= 4 is 5.97 Å². The van der Waals surface area contributed by atoms with Crippen LogP contribution in [0.5, 0.6) is 11.5 Å². The smallest absolute Gasteiger partial charge is 0.323 e. The van der Waals surface area contributed by atoms with Gasteiger partial charge in [-0.1, -0.05) is 6.07 Å². The first kappa shape index (κ1) is 15.6. The molecule has 1 unspecified atom stereocenters. The Morgan fingerprint density at radius 1 is 1.24 bits per heavy atom. The lowest BCUT2D eigenvalue weighted by Gasteiger charge is -2.16. The van der Waals surface area contributed by atoms with Gasteiger partial charge in [-0.05, 0) is 49.4 Å². The fourth-order valence-electron chi connectivity index (χ4n) is 2.41. The zero-order chi connectivity index (χ0) is 15.2. The van der Waals surface area contributed by atoms with E-state index in [4.69, 9.17) is 14.2 Å². The summed E-state index contributed by atoms with van der Waals surface area (Å²) in [6.07, 6.45) is 3.02. The average molecular weight is 293 g/mol. The highest BCUT2D eigenvalue weighted by Gasteiger charge is 2.36. The second kappa shape index (κ2) is 7.31. The normalized spacial score (nSPS) is 15.4. The van der Waals surface area contributed by atoms with Crippen molar-refractivity contribution in [2.45, 2.75) is 25.3 Å². The molecule has 1 N–H and O–H groups in total. The van der Waals surface area contributed by atoms with Gasteiger partial charge in [-0.3, -0.25) is 4.79 Å². The molecule has 1 atom stereocenters. The summed E-state index contributed by atoms with van der Waals surface area (Å²) in [7, 11) is 4.68. The van der Waals surface area contributed by atoms with Gasteiger partial charge >= 0.3 is 5.97 Å². The Morgan fingerprint density at radius 2 is 1.95 bits per heavy atom. The van der Waals surface area contributed by atoms with Crippen molar-refractivity contribution in [1.82, 2.24) is 5.32 Å². The van der Waals surface area contributed by atoms with E-state index < -0.39 is 0 Å². The zero-order valence-electron chi connectivity index (χ0n) is 12.8. The molecule has 5 nitrogen and oxygen atoms in total. The lowest BCUT2D eigenvalue weighted by atomic mass is 10.1. The molecule has 0 radical (unpaired) electrons. The first-order valence-corrected chi connectivity index (χ1v) is 7.21. The van der Waals surface area contributed by atoms with Crippen molar-refractivity contribution in [3.05, 3.63) is 23.8 Å². The Morgan fingerprint density at radius 3 is 2.52 bits per heavy atom. The fourth-order valence-corrected chi connectivity index (χ4v) is 2.41. The molecule has 0 spiro atoms. The van der Waals surface area contributed by atoms with Gasteiger partial charge in [0.25, 0.3) is 0 Å². The van der Waals surface area contributed by atoms with E-state index in [2.05, 4.69) is 5.32 Å². The molecular formula is C16H23NO4. The van der Waals surface area contributed by atoms with Gasteiger partial charge in [0.1, 0.15) is 6.04 Å². The molecule has 0 saturated heterocycles. The van der Waals surface area contributed by atoms with E-state index in [0.717, 1.165) is 42.9 Å². The largest absolute Gasteiger partial charge is 0.493 e. The Balaban J connectivity index is 1.89. The highest BCUT2D eigenvalue weighted by molar-refractivity contribution is 5.76. The number of rotatable bonds is 8. The maximum atomic E-state index is 11.7. The number of carbonyl (C=O) groups is 1. The Kier molecular flexibility index (Phi) is 5.44. The van der Waals surface area contributed by atoms with Crippen LogP contribution < -0.4 is 14.8 Å². The van der Waals surface area contributed by atoms with Gasteiger partial charge in [0.15, 0.2) is 11.5 Å². The number of benzene rings is 1. The number of ether oxygens (including phenoxy) is 3. The molecule has 1 aromatic carbocycles. The van der Waals surface area contributed by atoms with Gasteiger partial charge in [0, 0.05) is 0 Å². The average Bonchev–Trinajstić information content (AvgIpc) is 3.35. The topological polar surface area (TPSA) is 56.8 Å². The molecule has 0 aliphatic heterocycles. The second-order valence-electron chi connectivity index (χ2n) is 5.23. The Hall–Kier alpha value is -1.75. The lowest BCUT2D eigenvalue weighted by Crippen LogP contribution is -2.40. The molecule has 0 amide bonds. The van der Waals surface area contributed by atoms with Crippen molar-refractivity contribution in [1.29, 1.82) is 0 Å². The monoisotopic (exact) mass is 293 g/mol. The Bertz CT molecular complexity index is 485. The van der Waals surface area contributed by atoms with Crippen LogP contribution >= 0.6 is 0 Å². The molecule has 21 heavy (non-hydrogen) atoms. The SMILES string of the molecule is COC(=O)C(NCCc1ccc(OC)c(OC)c1)C1CC1. The van der Waals surface area contributed by atoms with E-state index in [0.29, 0.717) is 5.92 Å². The Labute approximate surface area is 125 Å². The number of carbonyl (C=O) groups excluding carboxylic acids is 1. The third-order valence-corrected chi connectivity index (χ3v) is 3.77. The van der Waals surface area contributed by atoms with Crippen LogP contribution in [0.25, 0.3) is 0 Å². The summed E-state index contributed by atoms with van der Waals surface area (Å²) in [5.74, 6) is 1.72. The molecule has 1 saturated carbocycles. The first-order valence-electron chi connectivity index (χ1n) is 7.21. The van der Waals surface area contributed by atoms with Gasteiger partial charge in [-0.15, -0.1) is 0 Å². The van der Waals surface area contributed by atoms with E-state index in [9.17, 15) is 4.79 Å². The summed E-state index contributed by atoms with van der Waals surface area (Å²) in [6.45, 7) is 0.728. The summed E-state index contributed by atoms with van der Waals surface area (Å²) in [4.78, 5) is 11.7. The minimum atomic E-state index is -0.171. The van der Waals surface area contributed by atoms with E-state index in [1.807, 2.05) is 18.2 Å². The van der Waals surface area contributed by atoms with Crippen LogP contribution in [0.4, 0.5) is 0 Å². The number of methoxy groups -OCH3 is 3. The van der Waals surface area contributed by atoms with E-state index in [1.54, 1.807) is 14.2 Å². The highest BCUT2D eigenvalue weighted by Crippen LogP contribution is 2.33. The van der Waals surface area contributed by atoms with Gasteiger partial charge in [0.2, 0.25) is 0 Å². The molecule has 0 heterocycles. The maximum absolute atomic E-state index is 11.7. The van der Waals surface area contributed by atoms with Gasteiger partial charge in [0.05, 0.1) is 21.3 Å². The number of esters is 1. The molecule has 1 aliphatic rings. The summed E-state index contributed by atoms with van der Waals surface area (Å²) < 4.78 is 15.4. The van der Waals surface area contributed by atoms with Crippen molar-refractivity contribution in [2.75, 3.05) is 27.9 Å². The predicted molar refractivity (Wildman–Crippen MR) is 79.8 cm³/mol. The minimum Gasteiger partial charge on any atom is -0.493 e. The van der Waals surface area contributed by atoms with Crippen molar-refractivity contribution in [3.8, 4) is 11.5 Å². The molecule has 0 bridgehead atoms. The first-order chi connectivity index (χ1) is 10.2. The number of nitrogens with one attached hydrogen (secondary N) is 1. The van der Waals surface area contributed by atoms with Crippen molar-refractivity contribution in [3.63, 3.8) is 0 Å². The zero-order valence-corrected chi connectivity index (χ0v) is 12.8. The molecule has 0 aromatic heterocycles. The van der Waals surface area contributed by atoms with Gasteiger partial charge in [-0.25, -0.2) is 0 Å². The summed E-state index contributed by atoms with van der Waals surface area (Å²) >= 11 is 0. The molecular weight excluding hydrogens is 270 g/mol. The molecule has 1 aliphatic carbocycles. The number of hydrogen-bond donors (Lipinski definition) is 1. The van der Waals surface area contributed by atoms with Crippen LogP contribution in [0.1, 0.15) is 18.4 Å². The van der Waals surface area contributed by atoms with Crippen molar-refractivity contribution in [2.24, 2.45) is 5.92 Å². The van der Waals surface area contributed by atoms with E-state index in [1.165, 1.54) is 7.11 Å². The van der Waals surface area contributed by atoms with Crippen molar-refractivity contribution < 1.29 is 19.0 Å². The summed E-state index contributed by atoms with van der Waals surface area (Å²) in [5, 5.41) is 3.30. The van der Waals surface area contributed by atoms with E-state index >= 15 is 0 Å². The third kappa shape index (κ3) is 4.11.